The normalized spacial score (nSPS) is 13.1. The summed E-state index contributed by atoms with van der Waals surface area (Å²) < 4.78 is 0.705. The maximum absolute atomic E-state index is 6.29. The number of guanidine groups is 1. The monoisotopic (exact) mass is 657 g/mol. The summed E-state index contributed by atoms with van der Waals surface area (Å²) in [5.74, 6) is 0.631. The second-order valence-electron chi connectivity index (χ2n) is 14.4. The quantitative estimate of drug-likeness (QED) is 0.0232. The molecule has 0 rings (SSSR count). The first-order valence-electron chi connectivity index (χ1n) is 20.5. The van der Waals surface area contributed by atoms with E-state index in [4.69, 9.17) is 10.8 Å². The van der Waals surface area contributed by atoms with Crippen LogP contribution in [-0.4, -0.2) is 37.2 Å². The Kier molecular flexibility index (Phi) is 39.4. The minimum absolute atomic E-state index is 0. The van der Waals surface area contributed by atoms with Crippen LogP contribution >= 0.6 is 0 Å². The average molecular weight is 658 g/mol. The highest BCUT2D eigenvalue weighted by molar-refractivity contribution is 5.77. The van der Waals surface area contributed by atoms with Gasteiger partial charge in [-0.2, -0.15) is 4.59 Å². The van der Waals surface area contributed by atoms with E-state index in [2.05, 4.69) is 33.1 Å². The largest absolute Gasteiger partial charge is 1.00 e. The zero-order valence-electron chi connectivity index (χ0n) is 31.6. The van der Waals surface area contributed by atoms with Gasteiger partial charge in [0.25, 0.3) is 0 Å². The van der Waals surface area contributed by atoms with E-state index in [1.165, 1.54) is 205 Å². The smallest absolute Gasteiger partial charge is 0.247 e. The van der Waals surface area contributed by atoms with E-state index in [1.807, 2.05) is 0 Å². The van der Waals surface area contributed by atoms with Crippen LogP contribution in [0.2, 0.25) is 0 Å². The molecule has 0 fully saturated rings. The summed E-state index contributed by atoms with van der Waals surface area (Å²) >= 11 is 0. The molecule has 0 aliphatic heterocycles. The summed E-state index contributed by atoms with van der Waals surface area (Å²) in [5, 5.41) is 8.26. The highest BCUT2D eigenvalue weighted by atomic mass is 35.5. The van der Waals surface area contributed by atoms with E-state index < -0.39 is 0 Å². The Balaban J connectivity index is 0. The number of hydrogen-bond donors (Lipinski definition) is 2. The molecule has 0 spiro atoms. The van der Waals surface area contributed by atoms with E-state index in [9.17, 15) is 0 Å². The standard InChI is InChI=1S/C40H85N4.ClH/c1-5-8-10-12-14-16-18-20-22-24-26-28-30-32-34-36-38-42-40(41)43-44(4,7-3)39-37-35-33-31-29-27-25-23-21-19-17-15-13-11-9-6-2;/h5-39H2,1-4H3,(H3,41,42,43);1H/q+1;/p-1. The van der Waals surface area contributed by atoms with E-state index >= 15 is 0 Å². The maximum Gasteiger partial charge on any atom is 0.247 e. The third-order valence-corrected chi connectivity index (χ3v) is 9.86. The molecule has 0 saturated heterocycles. The fraction of sp³-hybridized carbons (Fsp3) is 0.975. The minimum Gasteiger partial charge on any atom is -1.00 e. The topological polar surface area (TPSA) is 50.4 Å². The van der Waals surface area contributed by atoms with E-state index in [-0.39, 0.29) is 12.4 Å². The molecule has 0 aromatic rings. The molecular weight excluding hydrogens is 572 g/mol. The predicted octanol–water partition coefficient (Wildman–Crippen LogP) is 9.80. The number of rotatable bonds is 36. The minimum atomic E-state index is 0. The Morgan fingerprint density at radius 2 is 0.711 bits per heavy atom. The SMILES string of the molecule is CCCCCCCCCCCCCCCCCCNC(N)=N[N+](C)(CC)CCCCCCCCCCCCCCCCCC.[Cl-]. The highest BCUT2D eigenvalue weighted by Crippen LogP contribution is 2.16. The second-order valence-corrected chi connectivity index (χ2v) is 14.4. The summed E-state index contributed by atoms with van der Waals surface area (Å²) in [4.78, 5) is 0. The van der Waals surface area contributed by atoms with Gasteiger partial charge in [-0.3, -0.25) is 0 Å². The third-order valence-electron chi connectivity index (χ3n) is 9.86. The summed E-state index contributed by atoms with van der Waals surface area (Å²) in [6.45, 7) is 9.88. The number of hydrogen-bond acceptors (Lipinski definition) is 1. The van der Waals surface area contributed by atoms with Crippen molar-refractivity contribution >= 4 is 5.96 Å². The second kappa shape index (κ2) is 38.0. The van der Waals surface area contributed by atoms with Crippen LogP contribution in [0, 0.1) is 0 Å². The molecule has 1 unspecified atom stereocenters. The van der Waals surface area contributed by atoms with Crippen LogP contribution in [0.3, 0.4) is 0 Å². The number of halogens is 1. The fourth-order valence-corrected chi connectivity index (χ4v) is 6.46. The number of nitrogens with two attached hydrogens (primary N) is 1. The van der Waals surface area contributed by atoms with Crippen molar-refractivity contribution in [3.8, 4) is 0 Å². The summed E-state index contributed by atoms with van der Waals surface area (Å²) in [6, 6.07) is 0. The molecule has 0 aromatic heterocycles. The van der Waals surface area contributed by atoms with Crippen LogP contribution in [0.1, 0.15) is 226 Å². The molecular formula is C40H85ClN4. The van der Waals surface area contributed by atoms with Crippen LogP contribution in [0.4, 0.5) is 0 Å². The van der Waals surface area contributed by atoms with Gasteiger partial charge in [-0.1, -0.05) is 200 Å². The van der Waals surface area contributed by atoms with Crippen molar-refractivity contribution in [3.05, 3.63) is 0 Å². The lowest BCUT2D eigenvalue weighted by Gasteiger charge is -2.26. The molecule has 0 radical (unpaired) electrons. The summed E-state index contributed by atoms with van der Waals surface area (Å²) in [7, 11) is 2.23. The van der Waals surface area contributed by atoms with Crippen molar-refractivity contribution in [3.63, 3.8) is 0 Å². The molecule has 0 aliphatic carbocycles. The first-order valence-corrected chi connectivity index (χ1v) is 20.5. The Bertz CT molecular complexity index is 585. The van der Waals surface area contributed by atoms with E-state index in [1.54, 1.807) is 0 Å². The fourth-order valence-electron chi connectivity index (χ4n) is 6.46. The van der Waals surface area contributed by atoms with Crippen molar-refractivity contribution in [1.82, 2.24) is 5.32 Å². The molecule has 4 nitrogen and oxygen atoms in total. The summed E-state index contributed by atoms with van der Waals surface area (Å²) in [5.41, 5.74) is 6.29. The zero-order chi connectivity index (χ0) is 32.2. The lowest BCUT2D eigenvalue weighted by molar-refractivity contribution is -0.914. The van der Waals surface area contributed by atoms with E-state index in [0.717, 1.165) is 19.6 Å². The van der Waals surface area contributed by atoms with Crippen LogP contribution in [0.5, 0.6) is 0 Å². The van der Waals surface area contributed by atoms with Gasteiger partial charge < -0.3 is 23.5 Å². The van der Waals surface area contributed by atoms with Crippen molar-refractivity contribution in [2.75, 3.05) is 26.7 Å². The maximum atomic E-state index is 6.29. The molecule has 45 heavy (non-hydrogen) atoms. The van der Waals surface area contributed by atoms with Crippen LogP contribution in [0.15, 0.2) is 5.10 Å². The Morgan fingerprint density at radius 3 is 1.00 bits per heavy atom. The molecule has 3 N–H and O–H groups in total. The van der Waals surface area contributed by atoms with Crippen LogP contribution < -0.4 is 23.5 Å². The molecule has 0 heterocycles. The number of quaternary nitrogens is 1. The predicted molar refractivity (Wildman–Crippen MR) is 200 cm³/mol. The third kappa shape index (κ3) is 36.2. The van der Waals surface area contributed by atoms with Crippen molar-refractivity contribution in [2.45, 2.75) is 226 Å². The molecule has 0 bridgehead atoms. The molecule has 1 atom stereocenters. The van der Waals surface area contributed by atoms with Crippen molar-refractivity contribution in [2.24, 2.45) is 10.8 Å². The van der Waals surface area contributed by atoms with Gasteiger partial charge in [-0.25, -0.2) is 0 Å². The first-order chi connectivity index (χ1) is 21.6. The lowest BCUT2D eigenvalue weighted by Crippen LogP contribution is -3.00. The van der Waals surface area contributed by atoms with Crippen molar-refractivity contribution in [1.29, 1.82) is 0 Å². The molecule has 0 aliphatic rings. The Labute approximate surface area is 291 Å². The van der Waals surface area contributed by atoms with Gasteiger partial charge in [0, 0.05) is 6.54 Å². The molecule has 0 aromatic carbocycles. The van der Waals surface area contributed by atoms with Gasteiger partial charge in [0.2, 0.25) is 5.96 Å². The summed E-state index contributed by atoms with van der Waals surface area (Å²) in [6.07, 6.45) is 45.2. The van der Waals surface area contributed by atoms with Gasteiger partial charge in [0.05, 0.1) is 7.05 Å². The van der Waals surface area contributed by atoms with Crippen LogP contribution in [-0.2, 0) is 0 Å². The van der Waals surface area contributed by atoms with Gasteiger partial charge in [0.1, 0.15) is 13.1 Å². The van der Waals surface area contributed by atoms with Gasteiger partial charge in [-0.05, 0) is 31.3 Å². The first kappa shape index (κ1) is 46.6. The molecule has 0 amide bonds. The molecule has 0 saturated carbocycles. The molecule has 5 heteroatoms. The number of nitrogens with zero attached hydrogens (tertiary/aromatic N) is 2. The van der Waals surface area contributed by atoms with E-state index in [0.29, 0.717) is 10.6 Å². The highest BCUT2D eigenvalue weighted by Gasteiger charge is 2.19. The van der Waals surface area contributed by atoms with Crippen LogP contribution in [0.25, 0.3) is 0 Å². The van der Waals surface area contributed by atoms with Crippen molar-refractivity contribution < 1.29 is 17.0 Å². The number of unbranched alkanes of at least 4 members (excludes halogenated alkanes) is 30. The average Bonchev–Trinajstić information content (AvgIpc) is 3.02. The zero-order valence-corrected chi connectivity index (χ0v) is 32.4. The van der Waals surface area contributed by atoms with Gasteiger partial charge in [0.15, 0.2) is 0 Å². The Hall–Kier alpha value is -0.480. The Morgan fingerprint density at radius 1 is 0.444 bits per heavy atom. The molecule has 272 valence electrons. The van der Waals surface area contributed by atoms with Gasteiger partial charge in [-0.15, -0.1) is 0 Å². The van der Waals surface area contributed by atoms with Gasteiger partial charge >= 0.3 is 0 Å². The number of nitrogens with one attached hydrogen (secondary N) is 1. The lowest BCUT2D eigenvalue weighted by atomic mass is 10.0.